The summed E-state index contributed by atoms with van der Waals surface area (Å²) >= 11 is 0. The van der Waals surface area contributed by atoms with Gasteiger partial charge in [-0.1, -0.05) is 0 Å². The van der Waals surface area contributed by atoms with Crippen molar-refractivity contribution >= 4 is 5.91 Å². The molecule has 6 nitrogen and oxygen atoms in total. The molecular weight excluding hydrogens is 256 g/mol. The number of nitrogens with zero attached hydrogens (tertiary/aromatic N) is 3. The molecule has 1 aliphatic rings. The van der Waals surface area contributed by atoms with Crippen LogP contribution < -0.4 is 5.73 Å². The fourth-order valence-corrected chi connectivity index (χ4v) is 2.82. The number of piperidine rings is 1. The van der Waals surface area contributed by atoms with Crippen LogP contribution in [0.5, 0.6) is 0 Å². The second-order valence-corrected chi connectivity index (χ2v) is 5.32. The maximum absolute atomic E-state index is 11.2. The number of ether oxygens (including phenoxy) is 1. The van der Waals surface area contributed by atoms with E-state index >= 15 is 0 Å². The van der Waals surface area contributed by atoms with Gasteiger partial charge >= 0.3 is 0 Å². The third-order valence-electron chi connectivity index (χ3n) is 3.73. The highest BCUT2D eigenvalue weighted by molar-refractivity contribution is 5.74. The van der Waals surface area contributed by atoms with Gasteiger partial charge in [0.25, 0.3) is 0 Å². The van der Waals surface area contributed by atoms with E-state index in [9.17, 15) is 4.79 Å². The molecule has 2 atom stereocenters. The summed E-state index contributed by atoms with van der Waals surface area (Å²) in [5.74, 6) is 0.675. The molecule has 0 aliphatic carbocycles. The summed E-state index contributed by atoms with van der Waals surface area (Å²) in [6, 6.07) is 1.93. The van der Waals surface area contributed by atoms with Crippen LogP contribution >= 0.6 is 0 Å². The molecule has 0 unspecified atom stereocenters. The molecule has 1 amide bonds. The van der Waals surface area contributed by atoms with E-state index < -0.39 is 0 Å². The first kappa shape index (κ1) is 14.9. The van der Waals surface area contributed by atoms with E-state index in [1.807, 2.05) is 13.0 Å². The summed E-state index contributed by atoms with van der Waals surface area (Å²) in [6.45, 7) is 4.41. The molecular formula is C14H22N4O2. The quantitative estimate of drug-likeness (QED) is 0.848. The van der Waals surface area contributed by atoms with Crippen molar-refractivity contribution in [1.82, 2.24) is 14.9 Å². The van der Waals surface area contributed by atoms with E-state index in [1.165, 1.54) is 0 Å². The monoisotopic (exact) mass is 278 g/mol. The molecule has 1 aromatic rings. The second-order valence-electron chi connectivity index (χ2n) is 5.32. The van der Waals surface area contributed by atoms with E-state index in [0.29, 0.717) is 6.42 Å². The first-order valence-corrected chi connectivity index (χ1v) is 6.90. The van der Waals surface area contributed by atoms with E-state index in [0.717, 1.165) is 37.6 Å². The third-order valence-corrected chi connectivity index (χ3v) is 3.73. The molecule has 20 heavy (non-hydrogen) atoms. The standard InChI is InChI=1S/C14H22N4O2/c1-10-16-5-3-12(17-10)9-18-6-4-13(20-2)11(8-18)7-14(15)19/h3,5,11,13H,4,6-9H2,1-2H3,(H2,15,19)/t11-,13-/m1/s1. The number of carbonyl (C=O) groups is 1. The minimum atomic E-state index is -0.267. The van der Waals surface area contributed by atoms with Crippen molar-refractivity contribution < 1.29 is 9.53 Å². The Balaban J connectivity index is 1.98. The first-order chi connectivity index (χ1) is 9.58. The van der Waals surface area contributed by atoms with Crippen molar-refractivity contribution in [3.8, 4) is 0 Å². The van der Waals surface area contributed by atoms with E-state index in [2.05, 4.69) is 14.9 Å². The number of aryl methyl sites for hydroxylation is 1. The first-order valence-electron chi connectivity index (χ1n) is 6.90. The van der Waals surface area contributed by atoms with Crippen LogP contribution in [0.15, 0.2) is 12.3 Å². The molecule has 0 saturated carbocycles. The van der Waals surface area contributed by atoms with Crippen LogP contribution in [0.25, 0.3) is 0 Å². The van der Waals surface area contributed by atoms with Crippen molar-refractivity contribution in [2.24, 2.45) is 11.7 Å². The van der Waals surface area contributed by atoms with Crippen LogP contribution in [0.4, 0.5) is 0 Å². The molecule has 1 aliphatic heterocycles. The molecule has 2 heterocycles. The summed E-state index contributed by atoms with van der Waals surface area (Å²) in [7, 11) is 1.70. The Morgan fingerprint density at radius 1 is 1.60 bits per heavy atom. The molecule has 0 spiro atoms. The highest BCUT2D eigenvalue weighted by atomic mass is 16.5. The van der Waals surface area contributed by atoms with Crippen molar-refractivity contribution in [3.63, 3.8) is 0 Å². The lowest BCUT2D eigenvalue weighted by Gasteiger charge is -2.37. The van der Waals surface area contributed by atoms with Crippen molar-refractivity contribution in [2.75, 3.05) is 20.2 Å². The van der Waals surface area contributed by atoms with Gasteiger partial charge in [0.1, 0.15) is 5.82 Å². The van der Waals surface area contributed by atoms with Gasteiger partial charge in [-0.3, -0.25) is 9.69 Å². The number of aromatic nitrogens is 2. The summed E-state index contributed by atoms with van der Waals surface area (Å²) in [5.41, 5.74) is 6.33. The zero-order valence-electron chi connectivity index (χ0n) is 12.1. The molecule has 0 aromatic carbocycles. The Morgan fingerprint density at radius 3 is 3.05 bits per heavy atom. The Morgan fingerprint density at radius 2 is 2.40 bits per heavy atom. The lowest BCUT2D eigenvalue weighted by atomic mass is 9.91. The number of rotatable bonds is 5. The SMILES string of the molecule is CO[C@@H]1CCN(Cc2ccnc(C)n2)C[C@H]1CC(N)=O. The van der Waals surface area contributed by atoms with Crippen LogP contribution in [0.2, 0.25) is 0 Å². The van der Waals surface area contributed by atoms with Gasteiger partial charge in [-0.25, -0.2) is 9.97 Å². The molecule has 1 saturated heterocycles. The smallest absolute Gasteiger partial charge is 0.217 e. The zero-order valence-corrected chi connectivity index (χ0v) is 12.1. The van der Waals surface area contributed by atoms with Crippen molar-refractivity contribution in [3.05, 3.63) is 23.8 Å². The number of nitrogens with two attached hydrogens (primary N) is 1. The number of methoxy groups -OCH3 is 1. The van der Waals surface area contributed by atoms with Crippen molar-refractivity contribution in [1.29, 1.82) is 0 Å². The van der Waals surface area contributed by atoms with Gasteiger partial charge in [0.05, 0.1) is 11.8 Å². The fraction of sp³-hybridized carbons (Fsp3) is 0.643. The molecule has 1 fully saturated rings. The third kappa shape index (κ3) is 3.98. The molecule has 1 aromatic heterocycles. The average Bonchev–Trinajstić information content (AvgIpc) is 2.38. The predicted octanol–water partition coefficient (Wildman–Crippen LogP) is 0.497. The second kappa shape index (κ2) is 6.76. The van der Waals surface area contributed by atoms with Crippen LogP contribution in [-0.4, -0.2) is 47.1 Å². The summed E-state index contributed by atoms with van der Waals surface area (Å²) in [6.07, 6.45) is 3.18. The molecule has 2 rings (SSSR count). The van der Waals surface area contributed by atoms with Gasteiger partial charge in [-0.05, 0) is 19.4 Å². The summed E-state index contributed by atoms with van der Waals surface area (Å²) in [4.78, 5) is 22.0. The number of likely N-dealkylation sites (tertiary alicyclic amines) is 1. The maximum atomic E-state index is 11.2. The molecule has 0 radical (unpaired) electrons. The van der Waals surface area contributed by atoms with Gasteiger partial charge in [0.15, 0.2) is 0 Å². The van der Waals surface area contributed by atoms with Gasteiger partial charge in [-0.15, -0.1) is 0 Å². The molecule has 6 heteroatoms. The van der Waals surface area contributed by atoms with Gasteiger partial charge in [0.2, 0.25) is 5.91 Å². The molecule has 110 valence electrons. The van der Waals surface area contributed by atoms with Gasteiger partial charge in [-0.2, -0.15) is 0 Å². The Bertz CT molecular complexity index is 466. The minimum Gasteiger partial charge on any atom is -0.381 e. The lowest BCUT2D eigenvalue weighted by molar-refractivity contribution is -0.121. The summed E-state index contributed by atoms with van der Waals surface area (Å²) < 4.78 is 5.46. The van der Waals surface area contributed by atoms with Crippen LogP contribution in [-0.2, 0) is 16.1 Å². The normalized spacial score (nSPS) is 23.7. The average molecular weight is 278 g/mol. The Kier molecular flexibility index (Phi) is 5.03. The predicted molar refractivity (Wildman–Crippen MR) is 74.8 cm³/mol. The van der Waals surface area contributed by atoms with Gasteiger partial charge < -0.3 is 10.5 Å². The number of amides is 1. The largest absolute Gasteiger partial charge is 0.381 e. The number of hydrogen-bond acceptors (Lipinski definition) is 5. The number of carbonyl (C=O) groups excluding carboxylic acids is 1. The summed E-state index contributed by atoms with van der Waals surface area (Å²) in [5, 5.41) is 0. The maximum Gasteiger partial charge on any atom is 0.217 e. The lowest BCUT2D eigenvalue weighted by Crippen LogP contribution is -2.45. The highest BCUT2D eigenvalue weighted by Gasteiger charge is 2.30. The van der Waals surface area contributed by atoms with E-state index in [1.54, 1.807) is 13.3 Å². The van der Waals surface area contributed by atoms with Crippen molar-refractivity contribution in [2.45, 2.75) is 32.4 Å². The Labute approximate surface area is 119 Å². The van der Waals surface area contributed by atoms with Crippen LogP contribution in [0, 0.1) is 12.8 Å². The Hall–Kier alpha value is -1.53. The number of hydrogen-bond donors (Lipinski definition) is 1. The fourth-order valence-electron chi connectivity index (χ4n) is 2.82. The topological polar surface area (TPSA) is 81.3 Å². The number of primary amides is 1. The minimum absolute atomic E-state index is 0.117. The van der Waals surface area contributed by atoms with Crippen LogP contribution in [0.1, 0.15) is 24.4 Å². The van der Waals surface area contributed by atoms with Gasteiger partial charge in [0, 0.05) is 45.3 Å². The zero-order chi connectivity index (χ0) is 14.5. The molecule has 2 N–H and O–H groups in total. The van der Waals surface area contributed by atoms with Crippen LogP contribution in [0.3, 0.4) is 0 Å². The highest BCUT2D eigenvalue weighted by Crippen LogP contribution is 2.23. The molecule has 0 bridgehead atoms. The van der Waals surface area contributed by atoms with E-state index in [-0.39, 0.29) is 17.9 Å². The van der Waals surface area contributed by atoms with E-state index in [4.69, 9.17) is 10.5 Å².